The van der Waals surface area contributed by atoms with E-state index in [1.165, 1.54) is 6.07 Å². The minimum atomic E-state index is -0.507. The Morgan fingerprint density at radius 1 is 0.900 bits per heavy atom. The fourth-order valence-electron chi connectivity index (χ4n) is 2.01. The van der Waals surface area contributed by atoms with Gasteiger partial charge in [0.2, 0.25) is 0 Å². The summed E-state index contributed by atoms with van der Waals surface area (Å²) in [4.78, 5) is 27.2. The third kappa shape index (κ3) is 2.13. The summed E-state index contributed by atoms with van der Waals surface area (Å²) in [6.45, 7) is 0. The van der Waals surface area contributed by atoms with E-state index in [0.717, 1.165) is 4.57 Å². The number of hydrogen-bond donors (Lipinski definition) is 1. The highest BCUT2D eigenvalue weighted by molar-refractivity contribution is 6.31. The Kier molecular flexibility index (Phi) is 3.12. The second-order valence-electron chi connectivity index (χ2n) is 4.24. The van der Waals surface area contributed by atoms with E-state index in [-0.39, 0.29) is 0 Å². The lowest BCUT2D eigenvalue weighted by molar-refractivity contribution is 0.901. The molecule has 1 N–H and O–H groups in total. The maximum Gasteiger partial charge on any atom is 0.333 e. The van der Waals surface area contributed by atoms with Crippen LogP contribution in [0.2, 0.25) is 10.0 Å². The minimum absolute atomic E-state index is 0.354. The molecule has 0 saturated carbocycles. The molecular formula is C14H8Cl2N2O2. The molecule has 3 aromatic rings. The quantitative estimate of drug-likeness (QED) is 0.751. The van der Waals surface area contributed by atoms with Crippen molar-refractivity contribution in [1.82, 2.24) is 9.55 Å². The van der Waals surface area contributed by atoms with Crippen molar-refractivity contribution in [2.24, 2.45) is 0 Å². The van der Waals surface area contributed by atoms with Crippen molar-refractivity contribution in [3.8, 4) is 5.69 Å². The highest BCUT2D eigenvalue weighted by Gasteiger charge is 2.09. The molecule has 3 rings (SSSR count). The van der Waals surface area contributed by atoms with E-state index in [4.69, 9.17) is 23.2 Å². The van der Waals surface area contributed by atoms with Crippen molar-refractivity contribution in [2.75, 3.05) is 0 Å². The number of H-pyrrole nitrogens is 1. The molecule has 1 heterocycles. The highest BCUT2D eigenvalue weighted by atomic mass is 35.5. The number of aromatic amines is 1. The van der Waals surface area contributed by atoms with Crippen molar-refractivity contribution in [3.05, 3.63) is 73.3 Å². The molecule has 0 aliphatic carbocycles. The third-order valence-corrected chi connectivity index (χ3v) is 3.43. The van der Waals surface area contributed by atoms with Gasteiger partial charge in [0.25, 0.3) is 5.56 Å². The van der Waals surface area contributed by atoms with Gasteiger partial charge in [0.15, 0.2) is 0 Å². The van der Waals surface area contributed by atoms with Gasteiger partial charge in [-0.2, -0.15) is 0 Å². The van der Waals surface area contributed by atoms with E-state index in [1.807, 2.05) is 0 Å². The lowest BCUT2D eigenvalue weighted by atomic mass is 10.2. The molecule has 0 bridgehead atoms. The van der Waals surface area contributed by atoms with Crippen LogP contribution in [0.5, 0.6) is 0 Å². The Morgan fingerprint density at radius 3 is 2.25 bits per heavy atom. The first-order valence-corrected chi connectivity index (χ1v) is 6.52. The molecule has 100 valence electrons. The van der Waals surface area contributed by atoms with Gasteiger partial charge in [0.05, 0.1) is 16.6 Å². The van der Waals surface area contributed by atoms with Crippen LogP contribution in [0.4, 0.5) is 0 Å². The molecule has 0 saturated heterocycles. The smallest absolute Gasteiger partial charge is 0.306 e. The van der Waals surface area contributed by atoms with E-state index in [9.17, 15) is 9.59 Å². The Hall–Kier alpha value is -2.04. The second kappa shape index (κ2) is 4.81. The van der Waals surface area contributed by atoms with Gasteiger partial charge in [-0.05, 0) is 42.5 Å². The number of halogens is 2. The van der Waals surface area contributed by atoms with Gasteiger partial charge in [-0.25, -0.2) is 9.36 Å². The molecule has 4 nitrogen and oxygen atoms in total. The molecule has 20 heavy (non-hydrogen) atoms. The van der Waals surface area contributed by atoms with Crippen LogP contribution in [0.1, 0.15) is 0 Å². The monoisotopic (exact) mass is 306 g/mol. The maximum atomic E-state index is 12.4. The Morgan fingerprint density at radius 2 is 1.55 bits per heavy atom. The van der Waals surface area contributed by atoms with Gasteiger partial charge in [-0.1, -0.05) is 23.2 Å². The van der Waals surface area contributed by atoms with Crippen LogP contribution in [0.3, 0.4) is 0 Å². The van der Waals surface area contributed by atoms with Gasteiger partial charge >= 0.3 is 5.69 Å². The number of benzene rings is 2. The van der Waals surface area contributed by atoms with Crippen LogP contribution >= 0.6 is 23.2 Å². The molecule has 0 atom stereocenters. The van der Waals surface area contributed by atoms with E-state index in [2.05, 4.69) is 4.98 Å². The predicted molar refractivity (Wildman–Crippen MR) is 80.2 cm³/mol. The first kappa shape index (κ1) is 13.0. The number of nitrogens with one attached hydrogen (secondary N) is 1. The van der Waals surface area contributed by atoms with Crippen LogP contribution in [-0.2, 0) is 0 Å². The SMILES string of the molecule is O=c1[nH]c2ccc(Cl)cc2c(=O)n1-c1ccc(Cl)cc1. The summed E-state index contributed by atoms with van der Waals surface area (Å²) >= 11 is 11.7. The maximum absolute atomic E-state index is 12.4. The number of nitrogens with zero attached hydrogens (tertiary/aromatic N) is 1. The summed E-state index contributed by atoms with van der Waals surface area (Å²) in [5.74, 6) is 0. The molecule has 2 aromatic carbocycles. The molecule has 0 radical (unpaired) electrons. The molecule has 0 spiro atoms. The fraction of sp³-hybridized carbons (Fsp3) is 0. The third-order valence-electron chi connectivity index (χ3n) is 2.94. The van der Waals surface area contributed by atoms with Gasteiger partial charge in [0.1, 0.15) is 0 Å². The summed E-state index contributed by atoms with van der Waals surface area (Å²) in [6.07, 6.45) is 0. The Bertz CT molecular complexity index is 911. The molecule has 0 unspecified atom stereocenters. The van der Waals surface area contributed by atoms with Crippen LogP contribution in [0.15, 0.2) is 52.1 Å². The number of aromatic nitrogens is 2. The van der Waals surface area contributed by atoms with Crippen molar-refractivity contribution in [1.29, 1.82) is 0 Å². The van der Waals surface area contributed by atoms with Crippen molar-refractivity contribution in [3.63, 3.8) is 0 Å². The van der Waals surface area contributed by atoms with E-state index in [0.29, 0.717) is 26.6 Å². The zero-order valence-corrected chi connectivity index (χ0v) is 11.6. The van der Waals surface area contributed by atoms with Gasteiger partial charge in [-0.3, -0.25) is 4.79 Å². The molecule has 0 amide bonds. The van der Waals surface area contributed by atoms with Crippen molar-refractivity contribution in [2.45, 2.75) is 0 Å². The minimum Gasteiger partial charge on any atom is -0.306 e. The summed E-state index contributed by atoms with van der Waals surface area (Å²) < 4.78 is 1.05. The summed E-state index contributed by atoms with van der Waals surface area (Å²) in [5.41, 5.74) is -0.0298. The summed E-state index contributed by atoms with van der Waals surface area (Å²) in [6, 6.07) is 11.2. The summed E-state index contributed by atoms with van der Waals surface area (Å²) in [5, 5.41) is 1.32. The molecule has 6 heteroatoms. The Labute approximate surface area is 123 Å². The van der Waals surface area contributed by atoms with Crippen LogP contribution in [0.25, 0.3) is 16.6 Å². The topological polar surface area (TPSA) is 54.9 Å². The average molecular weight is 307 g/mol. The second-order valence-corrected chi connectivity index (χ2v) is 5.11. The molecule has 1 aromatic heterocycles. The Balaban J connectivity index is 2.39. The van der Waals surface area contributed by atoms with E-state index < -0.39 is 11.2 Å². The predicted octanol–water partition coefficient (Wildman–Crippen LogP) is 2.99. The zero-order chi connectivity index (χ0) is 14.3. The molecule has 0 fully saturated rings. The first-order valence-electron chi connectivity index (χ1n) is 5.77. The fourth-order valence-corrected chi connectivity index (χ4v) is 2.31. The van der Waals surface area contributed by atoms with Crippen LogP contribution in [0, 0.1) is 0 Å². The standard InChI is InChI=1S/C14H8Cl2N2O2/c15-8-1-4-10(5-2-8)18-13(19)11-7-9(16)3-6-12(11)17-14(18)20/h1-7H,(H,17,20). The lowest BCUT2D eigenvalue weighted by Gasteiger charge is -2.06. The van der Waals surface area contributed by atoms with E-state index >= 15 is 0 Å². The average Bonchev–Trinajstić information content (AvgIpc) is 2.42. The van der Waals surface area contributed by atoms with E-state index in [1.54, 1.807) is 36.4 Å². The zero-order valence-electron chi connectivity index (χ0n) is 10.1. The van der Waals surface area contributed by atoms with Crippen molar-refractivity contribution < 1.29 is 0 Å². The van der Waals surface area contributed by atoms with Gasteiger partial charge in [-0.15, -0.1) is 0 Å². The van der Waals surface area contributed by atoms with Crippen LogP contribution in [-0.4, -0.2) is 9.55 Å². The largest absolute Gasteiger partial charge is 0.333 e. The van der Waals surface area contributed by atoms with Crippen LogP contribution < -0.4 is 11.2 Å². The molecular weight excluding hydrogens is 299 g/mol. The van der Waals surface area contributed by atoms with Crippen molar-refractivity contribution >= 4 is 34.1 Å². The lowest BCUT2D eigenvalue weighted by Crippen LogP contribution is -2.33. The van der Waals surface area contributed by atoms with Gasteiger partial charge in [0, 0.05) is 10.0 Å². The highest BCUT2D eigenvalue weighted by Crippen LogP contribution is 2.15. The number of rotatable bonds is 1. The summed E-state index contributed by atoms with van der Waals surface area (Å²) in [7, 11) is 0. The van der Waals surface area contributed by atoms with Gasteiger partial charge < -0.3 is 4.98 Å². The number of hydrogen-bond acceptors (Lipinski definition) is 2. The normalized spacial score (nSPS) is 10.9. The molecule has 0 aliphatic rings. The molecule has 0 aliphatic heterocycles. The first-order chi connectivity index (χ1) is 9.56. The number of fused-ring (bicyclic) bond motifs is 1.